The number of hydrogen-bond acceptors (Lipinski definition) is 5. The summed E-state index contributed by atoms with van der Waals surface area (Å²) in [6.45, 7) is 12.0. The van der Waals surface area contributed by atoms with Crippen molar-refractivity contribution in [1.82, 2.24) is 9.97 Å². The van der Waals surface area contributed by atoms with E-state index in [9.17, 15) is 0 Å². The quantitative estimate of drug-likeness (QED) is 0.832. The normalized spacial score (nSPS) is 10.7. The molecule has 0 amide bonds. The number of rotatable bonds is 7. The van der Waals surface area contributed by atoms with Crippen molar-refractivity contribution < 1.29 is 9.47 Å². The van der Waals surface area contributed by atoms with Crippen molar-refractivity contribution in [2.45, 2.75) is 39.9 Å². The van der Waals surface area contributed by atoms with Crippen LogP contribution in [0.2, 0.25) is 0 Å². The second kappa shape index (κ2) is 7.63. The van der Waals surface area contributed by atoms with Gasteiger partial charge in [0.2, 0.25) is 0 Å². The number of aromatic nitrogens is 2. The first-order valence-corrected chi connectivity index (χ1v) is 7.64. The molecule has 2 rings (SSSR count). The van der Waals surface area contributed by atoms with E-state index < -0.39 is 0 Å². The second-order valence-electron chi connectivity index (χ2n) is 5.72. The van der Waals surface area contributed by atoms with E-state index in [1.807, 2.05) is 45.9 Å². The van der Waals surface area contributed by atoms with E-state index in [0.717, 1.165) is 17.1 Å². The molecule has 122 valence electrons. The Balaban J connectivity index is 2.26. The molecule has 0 unspecified atom stereocenters. The SMILES string of the molecule is C=C(Nc1cnccn1)c1cc(OC(C)C)cc(OC(C)C)c1. The molecule has 0 saturated carbocycles. The highest BCUT2D eigenvalue weighted by atomic mass is 16.5. The van der Waals surface area contributed by atoms with E-state index in [0.29, 0.717) is 11.5 Å². The van der Waals surface area contributed by atoms with Gasteiger partial charge in [-0.25, -0.2) is 4.98 Å². The lowest BCUT2D eigenvalue weighted by atomic mass is 10.1. The van der Waals surface area contributed by atoms with Crippen LogP contribution >= 0.6 is 0 Å². The van der Waals surface area contributed by atoms with Crippen LogP contribution in [0.1, 0.15) is 33.3 Å². The Labute approximate surface area is 137 Å². The van der Waals surface area contributed by atoms with Gasteiger partial charge in [-0.3, -0.25) is 4.98 Å². The molecule has 5 nitrogen and oxygen atoms in total. The number of nitrogens with one attached hydrogen (secondary N) is 1. The fraction of sp³-hybridized carbons (Fsp3) is 0.333. The molecule has 5 heteroatoms. The maximum atomic E-state index is 5.80. The van der Waals surface area contributed by atoms with Crippen molar-refractivity contribution in [3.63, 3.8) is 0 Å². The number of anilines is 1. The standard InChI is InChI=1S/C18H23N3O2/c1-12(2)22-16-8-15(9-17(10-16)23-13(3)4)14(5)21-18-11-19-6-7-20-18/h6-13H,5H2,1-4H3,(H,20,21). The van der Waals surface area contributed by atoms with Gasteiger partial charge in [0, 0.05) is 29.7 Å². The van der Waals surface area contributed by atoms with Gasteiger partial charge < -0.3 is 14.8 Å². The highest BCUT2D eigenvalue weighted by Gasteiger charge is 2.09. The fourth-order valence-corrected chi connectivity index (χ4v) is 2.02. The van der Waals surface area contributed by atoms with Crippen LogP contribution in [0, 0.1) is 0 Å². The third-order valence-electron chi connectivity index (χ3n) is 2.81. The number of nitrogens with zero attached hydrogens (tertiary/aromatic N) is 2. The largest absolute Gasteiger partial charge is 0.491 e. The van der Waals surface area contributed by atoms with Crippen LogP contribution in [0.4, 0.5) is 5.82 Å². The van der Waals surface area contributed by atoms with E-state index in [2.05, 4.69) is 21.9 Å². The predicted molar refractivity (Wildman–Crippen MR) is 92.7 cm³/mol. The monoisotopic (exact) mass is 313 g/mol. The van der Waals surface area contributed by atoms with Gasteiger partial charge in [0.25, 0.3) is 0 Å². The number of benzene rings is 1. The van der Waals surface area contributed by atoms with Gasteiger partial charge >= 0.3 is 0 Å². The maximum absolute atomic E-state index is 5.80. The van der Waals surface area contributed by atoms with Crippen molar-refractivity contribution >= 4 is 11.5 Å². The van der Waals surface area contributed by atoms with Gasteiger partial charge in [-0.05, 0) is 39.8 Å². The number of ether oxygens (including phenoxy) is 2. The summed E-state index contributed by atoms with van der Waals surface area (Å²) < 4.78 is 11.6. The van der Waals surface area contributed by atoms with E-state index in [-0.39, 0.29) is 12.2 Å². The maximum Gasteiger partial charge on any atom is 0.148 e. The molecule has 0 aliphatic carbocycles. The molecule has 1 aromatic carbocycles. The summed E-state index contributed by atoms with van der Waals surface area (Å²) in [7, 11) is 0. The van der Waals surface area contributed by atoms with E-state index in [1.54, 1.807) is 18.6 Å². The molecular formula is C18H23N3O2. The summed E-state index contributed by atoms with van der Waals surface area (Å²) in [5.41, 5.74) is 1.58. The summed E-state index contributed by atoms with van der Waals surface area (Å²) in [6, 6.07) is 5.75. The number of hydrogen-bond donors (Lipinski definition) is 1. The Kier molecular flexibility index (Phi) is 5.57. The van der Waals surface area contributed by atoms with E-state index in [4.69, 9.17) is 9.47 Å². The molecule has 0 aliphatic rings. The van der Waals surface area contributed by atoms with Crippen molar-refractivity contribution in [3.8, 4) is 11.5 Å². The van der Waals surface area contributed by atoms with Crippen molar-refractivity contribution in [3.05, 3.63) is 48.9 Å². The summed E-state index contributed by atoms with van der Waals surface area (Å²) in [4.78, 5) is 8.22. The van der Waals surface area contributed by atoms with Crippen LogP contribution in [0.15, 0.2) is 43.4 Å². The zero-order valence-corrected chi connectivity index (χ0v) is 14.0. The van der Waals surface area contributed by atoms with Gasteiger partial charge in [0.05, 0.1) is 18.4 Å². The molecule has 0 fully saturated rings. The van der Waals surface area contributed by atoms with Crippen molar-refractivity contribution in [2.75, 3.05) is 5.32 Å². The molecule has 23 heavy (non-hydrogen) atoms. The molecule has 0 aliphatic heterocycles. The molecule has 0 bridgehead atoms. The van der Waals surface area contributed by atoms with Crippen LogP contribution in [-0.2, 0) is 0 Å². The Hall–Kier alpha value is -2.56. The first kappa shape index (κ1) is 16.8. The van der Waals surface area contributed by atoms with Crippen molar-refractivity contribution in [2.24, 2.45) is 0 Å². The van der Waals surface area contributed by atoms with Crippen LogP contribution in [0.25, 0.3) is 5.70 Å². The fourth-order valence-electron chi connectivity index (χ4n) is 2.02. The smallest absolute Gasteiger partial charge is 0.148 e. The minimum atomic E-state index is 0.0818. The zero-order valence-electron chi connectivity index (χ0n) is 14.0. The van der Waals surface area contributed by atoms with Crippen LogP contribution in [0.5, 0.6) is 11.5 Å². The lowest BCUT2D eigenvalue weighted by molar-refractivity contribution is 0.229. The summed E-state index contributed by atoms with van der Waals surface area (Å²) in [5, 5.41) is 3.14. The third kappa shape index (κ3) is 5.29. The molecule has 0 saturated heterocycles. The van der Waals surface area contributed by atoms with Crippen molar-refractivity contribution in [1.29, 1.82) is 0 Å². The second-order valence-corrected chi connectivity index (χ2v) is 5.72. The highest BCUT2D eigenvalue weighted by Crippen LogP contribution is 2.28. The Morgan fingerprint density at radius 2 is 1.61 bits per heavy atom. The lowest BCUT2D eigenvalue weighted by Gasteiger charge is -2.17. The average molecular weight is 313 g/mol. The molecular weight excluding hydrogens is 290 g/mol. The van der Waals surface area contributed by atoms with E-state index in [1.165, 1.54) is 0 Å². The van der Waals surface area contributed by atoms with Gasteiger partial charge in [-0.15, -0.1) is 0 Å². The lowest BCUT2D eigenvalue weighted by Crippen LogP contribution is -2.09. The molecule has 1 N–H and O–H groups in total. The van der Waals surface area contributed by atoms with Crippen LogP contribution < -0.4 is 14.8 Å². The minimum Gasteiger partial charge on any atom is -0.491 e. The van der Waals surface area contributed by atoms with Crippen LogP contribution in [-0.4, -0.2) is 22.2 Å². The van der Waals surface area contributed by atoms with Gasteiger partial charge in [-0.1, -0.05) is 6.58 Å². The molecule has 1 heterocycles. The molecule has 0 spiro atoms. The summed E-state index contributed by atoms with van der Waals surface area (Å²) in [5.74, 6) is 2.13. The van der Waals surface area contributed by atoms with E-state index >= 15 is 0 Å². The van der Waals surface area contributed by atoms with Gasteiger partial charge in [0.1, 0.15) is 17.3 Å². The first-order valence-electron chi connectivity index (χ1n) is 7.64. The first-order chi connectivity index (χ1) is 10.9. The van der Waals surface area contributed by atoms with Gasteiger partial charge in [0.15, 0.2) is 0 Å². The Morgan fingerprint density at radius 3 is 2.09 bits per heavy atom. The summed E-state index contributed by atoms with van der Waals surface area (Å²) >= 11 is 0. The molecule has 1 aromatic heterocycles. The summed E-state index contributed by atoms with van der Waals surface area (Å²) in [6.07, 6.45) is 5.06. The third-order valence-corrected chi connectivity index (χ3v) is 2.81. The molecule has 2 aromatic rings. The predicted octanol–water partition coefficient (Wildman–Crippen LogP) is 4.13. The minimum absolute atomic E-state index is 0.0818. The molecule has 0 radical (unpaired) electrons. The Morgan fingerprint density at radius 1 is 1.00 bits per heavy atom. The molecule has 0 atom stereocenters. The zero-order chi connectivity index (χ0) is 16.8. The average Bonchev–Trinajstić information content (AvgIpc) is 2.46. The van der Waals surface area contributed by atoms with Crippen LogP contribution in [0.3, 0.4) is 0 Å². The topological polar surface area (TPSA) is 56.3 Å². The highest BCUT2D eigenvalue weighted by molar-refractivity contribution is 5.75. The Bertz CT molecular complexity index is 626. The van der Waals surface area contributed by atoms with Gasteiger partial charge in [-0.2, -0.15) is 0 Å².